The third-order valence-electron chi connectivity index (χ3n) is 5.21. The van der Waals surface area contributed by atoms with Gasteiger partial charge in [0.1, 0.15) is 5.75 Å². The molecule has 0 spiro atoms. The molecule has 2 aliphatic rings. The maximum atomic E-state index is 13.0. The second kappa shape index (κ2) is 8.22. The summed E-state index contributed by atoms with van der Waals surface area (Å²) in [5.41, 5.74) is -1.10. The number of hydrogen-bond donors (Lipinski definition) is 0. The minimum Gasteiger partial charge on any atom is -0.478 e. The monoisotopic (exact) mass is 466 g/mol. The standard InChI is InChI=1S/C21H23ClN2O6S/c1-21(2,30-16-5-3-15(22)4-6-16)20(25)23-9-11-24(12-10-23)31(26,27)17-7-8-18-19(13-17)29-14-28-18/h3-8,13H,9-12,14H2,1-2H3. The molecule has 1 amide bonds. The Bertz CT molecular complexity index is 1080. The number of carbonyl (C=O) groups excluding carboxylic acids is 1. The van der Waals surface area contributed by atoms with Crippen LogP contribution in [0.1, 0.15) is 13.8 Å². The maximum absolute atomic E-state index is 13.0. The van der Waals surface area contributed by atoms with E-state index in [1.807, 2.05) is 0 Å². The van der Waals surface area contributed by atoms with Crippen molar-refractivity contribution >= 4 is 27.5 Å². The second-order valence-corrected chi connectivity index (χ2v) is 10.2. The lowest BCUT2D eigenvalue weighted by molar-refractivity contribution is -0.146. The quantitative estimate of drug-likeness (QED) is 0.673. The van der Waals surface area contributed by atoms with Gasteiger partial charge in [0.15, 0.2) is 17.1 Å². The van der Waals surface area contributed by atoms with Crippen molar-refractivity contribution in [2.45, 2.75) is 24.3 Å². The summed E-state index contributed by atoms with van der Waals surface area (Å²) < 4.78 is 43.8. The second-order valence-electron chi connectivity index (χ2n) is 7.78. The molecule has 31 heavy (non-hydrogen) atoms. The minimum absolute atomic E-state index is 0.0769. The van der Waals surface area contributed by atoms with E-state index >= 15 is 0 Å². The normalized spacial score (nSPS) is 16.9. The van der Waals surface area contributed by atoms with Gasteiger partial charge in [-0.3, -0.25) is 4.79 Å². The summed E-state index contributed by atoms with van der Waals surface area (Å²) in [7, 11) is -3.70. The molecule has 2 heterocycles. The van der Waals surface area contributed by atoms with E-state index in [1.54, 1.807) is 49.1 Å². The van der Waals surface area contributed by atoms with Gasteiger partial charge < -0.3 is 19.1 Å². The summed E-state index contributed by atoms with van der Waals surface area (Å²) in [6.45, 7) is 4.40. The lowest BCUT2D eigenvalue weighted by Crippen LogP contribution is -2.56. The molecule has 1 fully saturated rings. The lowest BCUT2D eigenvalue weighted by Gasteiger charge is -2.38. The Labute approximate surface area is 186 Å². The number of nitrogens with zero attached hydrogens (tertiary/aromatic N) is 2. The number of halogens is 1. The first-order valence-corrected chi connectivity index (χ1v) is 11.6. The summed E-state index contributed by atoms with van der Waals surface area (Å²) in [6, 6.07) is 11.3. The Morgan fingerprint density at radius 3 is 2.32 bits per heavy atom. The molecule has 10 heteroatoms. The van der Waals surface area contributed by atoms with Crippen molar-refractivity contribution in [2.75, 3.05) is 33.0 Å². The van der Waals surface area contributed by atoms with Gasteiger partial charge in [0.05, 0.1) is 4.90 Å². The Balaban J connectivity index is 1.40. The van der Waals surface area contributed by atoms with E-state index in [-0.39, 0.29) is 43.8 Å². The summed E-state index contributed by atoms with van der Waals surface area (Å²) in [5.74, 6) is 1.27. The van der Waals surface area contributed by atoms with Crippen molar-refractivity contribution in [1.82, 2.24) is 9.21 Å². The topological polar surface area (TPSA) is 85.4 Å². The molecular weight excluding hydrogens is 444 g/mol. The van der Waals surface area contributed by atoms with Gasteiger partial charge in [-0.1, -0.05) is 11.6 Å². The number of sulfonamides is 1. The zero-order chi connectivity index (χ0) is 22.2. The Morgan fingerprint density at radius 2 is 1.65 bits per heavy atom. The van der Waals surface area contributed by atoms with Crippen LogP contribution in [0.15, 0.2) is 47.4 Å². The van der Waals surface area contributed by atoms with E-state index in [9.17, 15) is 13.2 Å². The van der Waals surface area contributed by atoms with Gasteiger partial charge in [0.25, 0.3) is 5.91 Å². The van der Waals surface area contributed by atoms with Gasteiger partial charge in [-0.25, -0.2) is 8.42 Å². The molecule has 0 radical (unpaired) electrons. The average molecular weight is 467 g/mol. The molecule has 2 aliphatic heterocycles. The van der Waals surface area contributed by atoms with Crippen molar-refractivity contribution < 1.29 is 27.4 Å². The first-order chi connectivity index (χ1) is 14.7. The molecule has 0 saturated carbocycles. The van der Waals surface area contributed by atoms with Crippen LogP contribution < -0.4 is 14.2 Å². The molecule has 0 N–H and O–H groups in total. The Morgan fingerprint density at radius 1 is 1.00 bits per heavy atom. The SMILES string of the molecule is CC(C)(Oc1ccc(Cl)cc1)C(=O)N1CCN(S(=O)(=O)c2ccc3c(c2)OCO3)CC1. The molecule has 2 aromatic carbocycles. The zero-order valence-corrected chi connectivity index (χ0v) is 18.8. The van der Waals surface area contributed by atoms with E-state index < -0.39 is 15.6 Å². The van der Waals surface area contributed by atoms with Crippen LogP contribution in [0.25, 0.3) is 0 Å². The molecule has 0 bridgehead atoms. The van der Waals surface area contributed by atoms with Gasteiger partial charge in [-0.05, 0) is 50.2 Å². The molecule has 0 aromatic heterocycles. The van der Waals surface area contributed by atoms with Crippen molar-refractivity contribution in [3.8, 4) is 17.2 Å². The first kappa shape index (κ1) is 21.7. The number of carbonyl (C=O) groups is 1. The van der Waals surface area contributed by atoms with Crippen LogP contribution in [-0.4, -0.2) is 62.1 Å². The van der Waals surface area contributed by atoms with Gasteiger partial charge in [0.2, 0.25) is 16.8 Å². The number of amides is 1. The van der Waals surface area contributed by atoms with Crippen LogP contribution in [0, 0.1) is 0 Å². The fourth-order valence-electron chi connectivity index (χ4n) is 3.54. The predicted octanol–water partition coefficient (Wildman–Crippen LogP) is 2.76. The van der Waals surface area contributed by atoms with E-state index in [1.165, 1.54) is 16.4 Å². The maximum Gasteiger partial charge on any atom is 0.266 e. The van der Waals surface area contributed by atoms with Crippen molar-refractivity contribution in [3.05, 3.63) is 47.5 Å². The van der Waals surface area contributed by atoms with Crippen LogP contribution in [0.5, 0.6) is 17.2 Å². The Hall–Kier alpha value is -2.49. The first-order valence-electron chi connectivity index (χ1n) is 9.80. The van der Waals surface area contributed by atoms with Crippen molar-refractivity contribution in [3.63, 3.8) is 0 Å². The van der Waals surface area contributed by atoms with E-state index in [0.717, 1.165) is 0 Å². The molecule has 1 saturated heterocycles. The third kappa shape index (κ3) is 4.44. The number of fused-ring (bicyclic) bond motifs is 1. The fourth-order valence-corrected chi connectivity index (χ4v) is 5.10. The Kier molecular flexibility index (Phi) is 5.76. The highest BCUT2D eigenvalue weighted by atomic mass is 35.5. The smallest absolute Gasteiger partial charge is 0.266 e. The molecular formula is C21H23ClN2O6S. The van der Waals surface area contributed by atoms with Crippen LogP contribution in [0.2, 0.25) is 5.02 Å². The van der Waals surface area contributed by atoms with E-state index in [4.69, 9.17) is 25.8 Å². The highest BCUT2D eigenvalue weighted by Crippen LogP contribution is 2.35. The predicted molar refractivity (Wildman–Crippen MR) is 114 cm³/mol. The lowest BCUT2D eigenvalue weighted by atomic mass is 10.1. The third-order valence-corrected chi connectivity index (χ3v) is 7.36. The van der Waals surface area contributed by atoms with Gasteiger partial charge >= 0.3 is 0 Å². The van der Waals surface area contributed by atoms with Crippen LogP contribution >= 0.6 is 11.6 Å². The highest BCUT2D eigenvalue weighted by molar-refractivity contribution is 7.89. The van der Waals surface area contributed by atoms with E-state index in [0.29, 0.717) is 22.3 Å². The molecule has 166 valence electrons. The van der Waals surface area contributed by atoms with Crippen LogP contribution in [-0.2, 0) is 14.8 Å². The zero-order valence-electron chi connectivity index (χ0n) is 17.2. The number of benzene rings is 2. The summed E-state index contributed by atoms with van der Waals surface area (Å²) in [6.07, 6.45) is 0. The fraction of sp³-hybridized carbons (Fsp3) is 0.381. The molecule has 8 nitrogen and oxygen atoms in total. The summed E-state index contributed by atoms with van der Waals surface area (Å²) >= 11 is 5.89. The molecule has 4 rings (SSSR count). The molecule has 0 aliphatic carbocycles. The molecule has 0 unspecified atom stereocenters. The average Bonchev–Trinajstić information content (AvgIpc) is 3.23. The number of ether oxygens (including phenoxy) is 3. The summed E-state index contributed by atoms with van der Waals surface area (Å²) in [5, 5.41) is 0.580. The minimum atomic E-state index is -3.70. The van der Waals surface area contributed by atoms with Gasteiger partial charge in [-0.15, -0.1) is 0 Å². The largest absolute Gasteiger partial charge is 0.478 e. The number of piperazine rings is 1. The number of hydrogen-bond acceptors (Lipinski definition) is 6. The van der Waals surface area contributed by atoms with Crippen LogP contribution in [0.3, 0.4) is 0 Å². The van der Waals surface area contributed by atoms with Crippen molar-refractivity contribution in [1.29, 1.82) is 0 Å². The highest BCUT2D eigenvalue weighted by Gasteiger charge is 2.38. The van der Waals surface area contributed by atoms with Crippen LogP contribution in [0.4, 0.5) is 0 Å². The van der Waals surface area contributed by atoms with Gasteiger partial charge in [-0.2, -0.15) is 4.31 Å². The summed E-state index contributed by atoms with van der Waals surface area (Å²) in [4.78, 5) is 14.8. The molecule has 0 atom stereocenters. The van der Waals surface area contributed by atoms with Crippen molar-refractivity contribution in [2.24, 2.45) is 0 Å². The molecule has 2 aromatic rings. The van der Waals surface area contributed by atoms with E-state index in [2.05, 4.69) is 0 Å². The number of rotatable bonds is 5. The van der Waals surface area contributed by atoms with Gasteiger partial charge in [0, 0.05) is 37.3 Å².